The summed E-state index contributed by atoms with van der Waals surface area (Å²) in [6.07, 6.45) is 5.36. The van der Waals surface area contributed by atoms with Crippen LogP contribution in [0.15, 0.2) is 85.2 Å². The molecular formula is C25H23N3O2. The summed E-state index contributed by atoms with van der Waals surface area (Å²) < 4.78 is 7.55. The highest BCUT2D eigenvalue weighted by Gasteiger charge is 2.41. The largest absolute Gasteiger partial charge is 0.381 e. The van der Waals surface area contributed by atoms with Crippen molar-refractivity contribution in [2.24, 2.45) is 0 Å². The number of nitrogens with zero attached hydrogens (tertiary/aromatic N) is 2. The zero-order chi connectivity index (χ0) is 20.4. The van der Waals surface area contributed by atoms with Gasteiger partial charge in [-0.2, -0.15) is 0 Å². The van der Waals surface area contributed by atoms with Crippen molar-refractivity contribution < 1.29 is 9.53 Å². The topological polar surface area (TPSA) is 55.6 Å². The molecule has 0 saturated carbocycles. The average Bonchev–Trinajstić information content (AvgIpc) is 3.25. The summed E-state index contributed by atoms with van der Waals surface area (Å²) in [4.78, 5) is 18.0. The Hall–Kier alpha value is -3.44. The summed E-state index contributed by atoms with van der Waals surface area (Å²) in [6, 6.07) is 23.8. The van der Waals surface area contributed by atoms with E-state index in [9.17, 15) is 4.79 Å². The molecule has 1 fully saturated rings. The third-order valence-corrected chi connectivity index (χ3v) is 5.91. The second-order valence-corrected chi connectivity index (χ2v) is 7.68. The number of fused-ring (bicyclic) bond motifs is 1. The van der Waals surface area contributed by atoms with Gasteiger partial charge in [0, 0.05) is 36.9 Å². The number of anilines is 1. The molecule has 1 aliphatic heterocycles. The van der Waals surface area contributed by atoms with E-state index in [4.69, 9.17) is 4.74 Å². The predicted octanol–water partition coefficient (Wildman–Crippen LogP) is 4.69. The number of nitrogens with one attached hydrogen (secondary N) is 1. The van der Waals surface area contributed by atoms with E-state index in [0.29, 0.717) is 26.1 Å². The highest BCUT2D eigenvalue weighted by atomic mass is 16.5. The molecule has 0 radical (unpaired) electrons. The van der Waals surface area contributed by atoms with E-state index < -0.39 is 5.41 Å². The molecule has 1 aliphatic rings. The first-order valence-corrected chi connectivity index (χ1v) is 10.2. The molecule has 150 valence electrons. The molecule has 0 spiro atoms. The minimum atomic E-state index is -0.556. The third kappa shape index (κ3) is 3.37. The number of rotatable bonds is 4. The number of amides is 1. The lowest BCUT2D eigenvalue weighted by Crippen LogP contribution is -2.44. The van der Waals surface area contributed by atoms with Crippen LogP contribution in [0.4, 0.5) is 5.69 Å². The van der Waals surface area contributed by atoms with Gasteiger partial charge in [-0.1, -0.05) is 48.5 Å². The first kappa shape index (κ1) is 18.6. The summed E-state index contributed by atoms with van der Waals surface area (Å²) in [7, 11) is 0. The molecule has 1 saturated heterocycles. The molecule has 2 aromatic heterocycles. The second kappa shape index (κ2) is 7.76. The third-order valence-electron chi connectivity index (χ3n) is 5.91. The van der Waals surface area contributed by atoms with Crippen molar-refractivity contribution in [2.75, 3.05) is 18.5 Å². The molecule has 0 bridgehead atoms. The van der Waals surface area contributed by atoms with Crippen molar-refractivity contribution in [3.05, 3.63) is 90.8 Å². The van der Waals surface area contributed by atoms with Gasteiger partial charge in [0.1, 0.15) is 5.65 Å². The maximum Gasteiger partial charge on any atom is 0.235 e. The molecule has 0 aliphatic carbocycles. The fraction of sp³-hybridized carbons (Fsp3) is 0.200. The minimum absolute atomic E-state index is 0.0254. The number of pyridine rings is 1. The lowest BCUT2D eigenvalue weighted by atomic mass is 9.73. The maximum atomic E-state index is 13.4. The van der Waals surface area contributed by atoms with Crippen molar-refractivity contribution in [1.82, 2.24) is 9.38 Å². The number of carbonyl (C=O) groups excluding carboxylic acids is 1. The number of carbonyl (C=O) groups is 1. The molecule has 2 aromatic carbocycles. The van der Waals surface area contributed by atoms with Gasteiger partial charge in [0.05, 0.1) is 11.1 Å². The molecule has 5 nitrogen and oxygen atoms in total. The van der Waals surface area contributed by atoms with Crippen LogP contribution in [0, 0.1) is 0 Å². The monoisotopic (exact) mass is 397 g/mol. The molecule has 0 atom stereocenters. The Kier molecular flexibility index (Phi) is 4.81. The molecule has 0 unspecified atom stereocenters. The summed E-state index contributed by atoms with van der Waals surface area (Å²) in [5.74, 6) is 0.0254. The van der Waals surface area contributed by atoms with E-state index in [0.717, 1.165) is 28.2 Å². The van der Waals surface area contributed by atoms with Crippen LogP contribution >= 0.6 is 0 Å². The maximum absolute atomic E-state index is 13.4. The SMILES string of the molecule is O=C(Nc1ccc(-c2cn3ccccc3n2)cc1)C1(c2ccccc2)CCOCC1. The Bertz CT molecular complexity index is 1130. The number of hydrogen-bond donors (Lipinski definition) is 1. The van der Waals surface area contributed by atoms with E-state index in [-0.39, 0.29) is 5.91 Å². The van der Waals surface area contributed by atoms with Gasteiger partial charge >= 0.3 is 0 Å². The van der Waals surface area contributed by atoms with Crippen LogP contribution < -0.4 is 5.32 Å². The van der Waals surface area contributed by atoms with Crippen LogP contribution in [0.2, 0.25) is 0 Å². The number of benzene rings is 2. The summed E-state index contributed by atoms with van der Waals surface area (Å²) in [6.45, 7) is 1.18. The molecular weight excluding hydrogens is 374 g/mol. The van der Waals surface area contributed by atoms with Crippen LogP contribution in [0.5, 0.6) is 0 Å². The Balaban J connectivity index is 1.38. The second-order valence-electron chi connectivity index (χ2n) is 7.68. The van der Waals surface area contributed by atoms with Crippen molar-refractivity contribution >= 4 is 17.2 Å². The standard InChI is InChI=1S/C25H23N3O2/c29-24(25(13-16-30-17-14-25)20-6-2-1-3-7-20)26-21-11-9-19(10-12-21)22-18-28-15-5-4-8-23(28)27-22/h1-12,15,18H,13-14,16-17H2,(H,26,29). The molecule has 3 heterocycles. The molecule has 4 aromatic rings. The Morgan fingerprint density at radius 2 is 1.67 bits per heavy atom. The average molecular weight is 397 g/mol. The van der Waals surface area contributed by atoms with Crippen molar-refractivity contribution in [3.8, 4) is 11.3 Å². The van der Waals surface area contributed by atoms with Gasteiger partial charge in [0.25, 0.3) is 0 Å². The fourth-order valence-electron chi connectivity index (χ4n) is 4.17. The molecule has 1 N–H and O–H groups in total. The molecule has 1 amide bonds. The smallest absolute Gasteiger partial charge is 0.235 e. The first-order valence-electron chi connectivity index (χ1n) is 10.2. The van der Waals surface area contributed by atoms with Crippen LogP contribution in [0.1, 0.15) is 18.4 Å². The van der Waals surface area contributed by atoms with Gasteiger partial charge in [-0.3, -0.25) is 4.79 Å². The van der Waals surface area contributed by atoms with Gasteiger partial charge in [0.2, 0.25) is 5.91 Å². The zero-order valence-electron chi connectivity index (χ0n) is 16.6. The van der Waals surface area contributed by atoms with E-state index in [1.165, 1.54) is 0 Å². The summed E-state index contributed by atoms with van der Waals surface area (Å²) in [5.41, 5.74) is 4.11. The number of hydrogen-bond acceptors (Lipinski definition) is 3. The van der Waals surface area contributed by atoms with Crippen molar-refractivity contribution in [2.45, 2.75) is 18.3 Å². The van der Waals surface area contributed by atoms with Gasteiger partial charge in [-0.15, -0.1) is 0 Å². The Morgan fingerprint density at radius 1 is 0.933 bits per heavy atom. The molecule has 30 heavy (non-hydrogen) atoms. The minimum Gasteiger partial charge on any atom is -0.381 e. The van der Waals surface area contributed by atoms with Crippen LogP contribution in [0.25, 0.3) is 16.9 Å². The van der Waals surface area contributed by atoms with E-state index in [1.54, 1.807) is 0 Å². The number of imidazole rings is 1. The lowest BCUT2D eigenvalue weighted by molar-refractivity contribution is -0.125. The number of aromatic nitrogens is 2. The van der Waals surface area contributed by atoms with Crippen LogP contribution in [-0.4, -0.2) is 28.5 Å². The van der Waals surface area contributed by atoms with Gasteiger partial charge in [0.15, 0.2) is 0 Å². The van der Waals surface area contributed by atoms with Crippen molar-refractivity contribution in [3.63, 3.8) is 0 Å². The Labute approximate surface area is 175 Å². The number of ether oxygens (including phenoxy) is 1. The van der Waals surface area contributed by atoms with Crippen molar-refractivity contribution in [1.29, 1.82) is 0 Å². The predicted molar refractivity (Wildman–Crippen MR) is 117 cm³/mol. The zero-order valence-corrected chi connectivity index (χ0v) is 16.6. The van der Waals surface area contributed by atoms with E-state index >= 15 is 0 Å². The van der Waals surface area contributed by atoms with Gasteiger partial charge in [-0.25, -0.2) is 4.98 Å². The normalized spacial score (nSPS) is 15.7. The van der Waals surface area contributed by atoms with Crippen LogP contribution in [0.3, 0.4) is 0 Å². The summed E-state index contributed by atoms with van der Waals surface area (Å²) >= 11 is 0. The highest BCUT2D eigenvalue weighted by molar-refractivity contribution is 5.99. The lowest BCUT2D eigenvalue weighted by Gasteiger charge is -2.36. The summed E-state index contributed by atoms with van der Waals surface area (Å²) in [5, 5.41) is 3.14. The fourth-order valence-corrected chi connectivity index (χ4v) is 4.17. The molecule has 5 heteroatoms. The quantitative estimate of drug-likeness (QED) is 0.544. The van der Waals surface area contributed by atoms with E-state index in [2.05, 4.69) is 10.3 Å². The highest BCUT2D eigenvalue weighted by Crippen LogP contribution is 2.36. The van der Waals surface area contributed by atoms with Gasteiger partial charge in [-0.05, 0) is 42.7 Å². The van der Waals surface area contributed by atoms with Gasteiger partial charge < -0.3 is 14.5 Å². The molecule has 5 rings (SSSR count). The Morgan fingerprint density at radius 3 is 2.40 bits per heavy atom. The first-order chi connectivity index (χ1) is 14.7. The van der Waals surface area contributed by atoms with Crippen LogP contribution in [-0.2, 0) is 14.9 Å². The van der Waals surface area contributed by atoms with E-state index in [1.807, 2.05) is 89.6 Å².